The van der Waals surface area contributed by atoms with E-state index in [0.29, 0.717) is 6.54 Å². The molecule has 3 rings (SSSR count). The molecule has 176 valence electrons. The molecule has 2 aromatic rings. The van der Waals surface area contributed by atoms with E-state index in [1.807, 2.05) is 17.8 Å². The Bertz CT molecular complexity index is 900. The molecular formula is C25H40N6O. The summed E-state index contributed by atoms with van der Waals surface area (Å²) >= 11 is 0. The molecule has 1 aromatic carbocycles. The zero-order chi connectivity index (χ0) is 23.1. The molecule has 0 radical (unpaired) electrons. The molecule has 1 saturated heterocycles. The van der Waals surface area contributed by atoms with Crippen molar-refractivity contribution in [1.82, 2.24) is 25.3 Å². The van der Waals surface area contributed by atoms with Crippen molar-refractivity contribution >= 4 is 5.96 Å². The van der Waals surface area contributed by atoms with Gasteiger partial charge in [0.25, 0.3) is 0 Å². The Morgan fingerprint density at radius 2 is 2.00 bits per heavy atom. The third-order valence-corrected chi connectivity index (χ3v) is 6.38. The molecule has 0 bridgehead atoms. The normalized spacial score (nSPS) is 16.8. The molecule has 0 spiro atoms. The highest BCUT2D eigenvalue weighted by molar-refractivity contribution is 5.80. The summed E-state index contributed by atoms with van der Waals surface area (Å²) in [6.07, 6.45) is 3.42. The number of nitrogens with one attached hydrogen (secondary N) is 2. The van der Waals surface area contributed by atoms with Gasteiger partial charge in [0.2, 0.25) is 0 Å². The number of aliphatic imine (C=N–C) groups is 1. The number of likely N-dealkylation sites (tertiary alicyclic amines) is 1. The van der Waals surface area contributed by atoms with Crippen molar-refractivity contribution in [3.8, 4) is 5.75 Å². The lowest BCUT2D eigenvalue weighted by Gasteiger charge is -2.27. The van der Waals surface area contributed by atoms with Crippen LogP contribution in [0.25, 0.3) is 0 Å². The quantitative estimate of drug-likeness (QED) is 0.462. The molecule has 2 heterocycles. The lowest BCUT2D eigenvalue weighted by atomic mass is 10.0. The first kappa shape index (κ1) is 24.1. The number of hydrogen-bond acceptors (Lipinski definition) is 4. The minimum Gasteiger partial charge on any atom is -0.497 e. The standard InChI is InChI=1S/C25H40N6O/c1-7-26-25(28-18(2)15-23-19(3)29-30(5)20(23)4)27-17-24(31-13-8-9-14-31)21-11-10-12-22(16-21)32-6/h10-12,16,18,24H,7-9,13-15,17H2,1-6H3,(H2,26,27,28). The van der Waals surface area contributed by atoms with Gasteiger partial charge in [-0.25, -0.2) is 0 Å². The van der Waals surface area contributed by atoms with Crippen molar-refractivity contribution in [2.24, 2.45) is 12.0 Å². The van der Waals surface area contributed by atoms with Crippen LogP contribution in [0.1, 0.15) is 55.2 Å². The summed E-state index contributed by atoms with van der Waals surface area (Å²) in [6, 6.07) is 8.92. The molecule has 7 nitrogen and oxygen atoms in total. The van der Waals surface area contributed by atoms with Crippen molar-refractivity contribution in [1.29, 1.82) is 0 Å². The molecule has 1 fully saturated rings. The number of benzene rings is 1. The SMILES string of the molecule is CCNC(=NCC(c1cccc(OC)c1)N1CCCC1)NC(C)Cc1c(C)nn(C)c1C. The number of aromatic nitrogens is 2. The molecule has 0 aliphatic carbocycles. The molecule has 2 atom stereocenters. The zero-order valence-electron chi connectivity index (χ0n) is 20.6. The molecule has 7 heteroatoms. The number of aryl methyl sites for hydroxylation is 2. The third-order valence-electron chi connectivity index (χ3n) is 6.38. The fraction of sp³-hybridized carbons (Fsp3) is 0.600. The van der Waals surface area contributed by atoms with Gasteiger partial charge >= 0.3 is 0 Å². The molecule has 1 aromatic heterocycles. The summed E-state index contributed by atoms with van der Waals surface area (Å²) in [5.74, 6) is 1.77. The van der Waals surface area contributed by atoms with Gasteiger partial charge in [0.05, 0.1) is 25.4 Å². The lowest BCUT2D eigenvalue weighted by Crippen LogP contribution is -2.43. The van der Waals surface area contributed by atoms with Crippen molar-refractivity contribution in [2.45, 2.75) is 59.0 Å². The van der Waals surface area contributed by atoms with E-state index < -0.39 is 0 Å². The largest absolute Gasteiger partial charge is 0.497 e. The minimum absolute atomic E-state index is 0.247. The van der Waals surface area contributed by atoms with E-state index in [4.69, 9.17) is 9.73 Å². The topological polar surface area (TPSA) is 66.7 Å². The first-order valence-electron chi connectivity index (χ1n) is 11.8. The van der Waals surface area contributed by atoms with E-state index in [1.54, 1.807) is 7.11 Å². The van der Waals surface area contributed by atoms with Gasteiger partial charge < -0.3 is 15.4 Å². The molecule has 0 amide bonds. The van der Waals surface area contributed by atoms with Crippen molar-refractivity contribution in [3.63, 3.8) is 0 Å². The second-order valence-electron chi connectivity index (χ2n) is 8.78. The number of ether oxygens (including phenoxy) is 1. The van der Waals surface area contributed by atoms with E-state index in [9.17, 15) is 0 Å². The predicted octanol–water partition coefficient (Wildman–Crippen LogP) is 3.37. The zero-order valence-corrected chi connectivity index (χ0v) is 20.6. The average Bonchev–Trinajstić information content (AvgIpc) is 3.39. The van der Waals surface area contributed by atoms with E-state index in [1.165, 1.54) is 29.7 Å². The van der Waals surface area contributed by atoms with Crippen LogP contribution in [0, 0.1) is 13.8 Å². The highest BCUT2D eigenvalue weighted by atomic mass is 16.5. The van der Waals surface area contributed by atoms with Gasteiger partial charge in [-0.05, 0) is 83.3 Å². The van der Waals surface area contributed by atoms with Gasteiger partial charge in [0.15, 0.2) is 5.96 Å². The first-order chi connectivity index (χ1) is 15.4. The summed E-state index contributed by atoms with van der Waals surface area (Å²) < 4.78 is 7.44. The predicted molar refractivity (Wildman–Crippen MR) is 132 cm³/mol. The van der Waals surface area contributed by atoms with Crippen LogP contribution in [0.5, 0.6) is 5.75 Å². The lowest BCUT2D eigenvalue weighted by molar-refractivity contribution is 0.251. The smallest absolute Gasteiger partial charge is 0.191 e. The number of hydrogen-bond donors (Lipinski definition) is 2. The molecule has 1 aliphatic heterocycles. The Morgan fingerprint density at radius 3 is 2.62 bits per heavy atom. The van der Waals surface area contributed by atoms with Crippen LogP contribution in [0.3, 0.4) is 0 Å². The Labute approximate surface area is 193 Å². The van der Waals surface area contributed by atoms with Gasteiger partial charge in [-0.3, -0.25) is 14.6 Å². The fourth-order valence-corrected chi connectivity index (χ4v) is 4.54. The summed E-state index contributed by atoms with van der Waals surface area (Å²) in [5.41, 5.74) is 4.91. The maximum atomic E-state index is 5.48. The highest BCUT2D eigenvalue weighted by Crippen LogP contribution is 2.28. The molecule has 0 saturated carbocycles. The molecule has 2 unspecified atom stereocenters. The second-order valence-corrected chi connectivity index (χ2v) is 8.78. The second kappa shape index (κ2) is 11.4. The van der Waals surface area contributed by atoms with Crippen LogP contribution in [0.2, 0.25) is 0 Å². The van der Waals surface area contributed by atoms with E-state index in [2.05, 4.69) is 66.5 Å². The Kier molecular flexibility index (Phi) is 8.56. The van der Waals surface area contributed by atoms with Crippen LogP contribution >= 0.6 is 0 Å². The first-order valence-corrected chi connectivity index (χ1v) is 11.8. The van der Waals surface area contributed by atoms with E-state index in [0.717, 1.165) is 43.5 Å². The van der Waals surface area contributed by atoms with E-state index in [-0.39, 0.29) is 12.1 Å². The Hall–Kier alpha value is -2.54. The van der Waals surface area contributed by atoms with Crippen LogP contribution in [0.4, 0.5) is 0 Å². The van der Waals surface area contributed by atoms with Gasteiger partial charge in [-0.1, -0.05) is 12.1 Å². The molecule has 2 N–H and O–H groups in total. The highest BCUT2D eigenvalue weighted by Gasteiger charge is 2.24. The Morgan fingerprint density at radius 1 is 1.25 bits per heavy atom. The van der Waals surface area contributed by atoms with Crippen LogP contribution in [-0.4, -0.2) is 60.0 Å². The van der Waals surface area contributed by atoms with Gasteiger partial charge in [-0.2, -0.15) is 5.10 Å². The minimum atomic E-state index is 0.247. The van der Waals surface area contributed by atoms with Gasteiger partial charge in [-0.15, -0.1) is 0 Å². The van der Waals surface area contributed by atoms with Crippen molar-refractivity contribution < 1.29 is 4.74 Å². The van der Waals surface area contributed by atoms with Crippen molar-refractivity contribution in [2.75, 3.05) is 33.3 Å². The molecular weight excluding hydrogens is 400 g/mol. The van der Waals surface area contributed by atoms with Crippen LogP contribution in [-0.2, 0) is 13.5 Å². The summed E-state index contributed by atoms with van der Waals surface area (Å²) in [4.78, 5) is 7.56. The van der Waals surface area contributed by atoms with E-state index >= 15 is 0 Å². The maximum Gasteiger partial charge on any atom is 0.191 e. The Balaban J connectivity index is 1.74. The summed E-state index contributed by atoms with van der Waals surface area (Å²) in [6.45, 7) is 12.3. The van der Waals surface area contributed by atoms with Crippen LogP contribution in [0.15, 0.2) is 29.3 Å². The van der Waals surface area contributed by atoms with Gasteiger partial charge in [0.1, 0.15) is 5.75 Å². The summed E-state index contributed by atoms with van der Waals surface area (Å²) in [5, 5.41) is 11.6. The van der Waals surface area contributed by atoms with Crippen molar-refractivity contribution in [3.05, 3.63) is 46.8 Å². The number of rotatable bonds is 9. The average molecular weight is 441 g/mol. The maximum absolute atomic E-state index is 5.48. The fourth-order valence-electron chi connectivity index (χ4n) is 4.54. The number of methoxy groups -OCH3 is 1. The number of nitrogens with zero attached hydrogens (tertiary/aromatic N) is 4. The third kappa shape index (κ3) is 6.03. The number of guanidine groups is 1. The van der Waals surface area contributed by atoms with Gasteiger partial charge in [0, 0.05) is 25.3 Å². The summed E-state index contributed by atoms with van der Waals surface area (Å²) in [7, 11) is 3.73. The monoisotopic (exact) mass is 440 g/mol. The van der Waals surface area contributed by atoms with Crippen LogP contribution < -0.4 is 15.4 Å². The molecule has 32 heavy (non-hydrogen) atoms. The molecule has 1 aliphatic rings.